The number of allylic oxidation sites excluding steroid dienone is 2. The number of hydrogen-bond donors (Lipinski definition) is 1. The number of carbonyl (C=O) groups is 1. The Labute approximate surface area is 77.9 Å². The fraction of sp³-hybridized carbons (Fsp3) is 0.333. The Morgan fingerprint density at radius 2 is 2.08 bits per heavy atom. The van der Waals surface area contributed by atoms with Crippen molar-refractivity contribution in [3.63, 3.8) is 0 Å². The first-order chi connectivity index (χ1) is 5.99. The van der Waals surface area contributed by atoms with Crippen LogP contribution < -0.4 is 5.73 Å². The largest absolute Gasteiger partial charge is 0.383 e. The van der Waals surface area contributed by atoms with Gasteiger partial charge >= 0.3 is 0 Å². The molecule has 1 amide bonds. The molecule has 0 atom stereocenters. The summed E-state index contributed by atoms with van der Waals surface area (Å²) >= 11 is 0. The lowest BCUT2D eigenvalue weighted by Crippen LogP contribution is -2.14. The maximum absolute atomic E-state index is 10.7. The highest BCUT2D eigenvalue weighted by Crippen LogP contribution is 2.03. The molecule has 0 bridgehead atoms. The van der Waals surface area contributed by atoms with Gasteiger partial charge in [-0.15, -0.1) is 0 Å². The van der Waals surface area contributed by atoms with Crippen LogP contribution in [0.15, 0.2) is 23.4 Å². The van der Waals surface area contributed by atoms with E-state index in [4.69, 9.17) is 11.0 Å². The summed E-state index contributed by atoms with van der Waals surface area (Å²) in [5.41, 5.74) is 5.56. The number of primary amides is 1. The van der Waals surface area contributed by atoms with Gasteiger partial charge in [-0.25, -0.2) is 0 Å². The molecule has 4 heteroatoms. The summed E-state index contributed by atoms with van der Waals surface area (Å²) in [4.78, 5) is 12.5. The van der Waals surface area contributed by atoms with E-state index in [0.29, 0.717) is 5.57 Å². The van der Waals surface area contributed by atoms with Gasteiger partial charge in [0.1, 0.15) is 11.6 Å². The smallest absolute Gasteiger partial charge is 0.259 e. The molecule has 4 nitrogen and oxygen atoms in total. The first-order valence-corrected chi connectivity index (χ1v) is 3.74. The molecule has 0 heterocycles. The van der Waals surface area contributed by atoms with Crippen molar-refractivity contribution in [3.8, 4) is 6.07 Å². The summed E-state index contributed by atoms with van der Waals surface area (Å²) < 4.78 is 0. The average molecular weight is 179 g/mol. The minimum Gasteiger partial charge on any atom is -0.383 e. The van der Waals surface area contributed by atoms with Gasteiger partial charge in [-0.2, -0.15) is 5.26 Å². The number of amides is 1. The van der Waals surface area contributed by atoms with Gasteiger partial charge in [-0.3, -0.25) is 4.79 Å². The highest BCUT2D eigenvalue weighted by atomic mass is 16.1. The second kappa shape index (κ2) is 4.99. The highest BCUT2D eigenvalue weighted by molar-refractivity contribution is 5.97. The minimum absolute atomic E-state index is 0.00176. The average Bonchev–Trinajstić information content (AvgIpc) is 2.01. The van der Waals surface area contributed by atoms with Crippen molar-refractivity contribution < 1.29 is 4.79 Å². The van der Waals surface area contributed by atoms with E-state index >= 15 is 0 Å². The van der Waals surface area contributed by atoms with Crippen molar-refractivity contribution in [2.45, 2.75) is 6.92 Å². The normalized spacial score (nSPS) is 12.2. The summed E-state index contributed by atoms with van der Waals surface area (Å²) in [7, 11) is 3.69. The lowest BCUT2D eigenvalue weighted by molar-refractivity contribution is -0.114. The van der Waals surface area contributed by atoms with Crippen molar-refractivity contribution in [1.29, 1.82) is 5.26 Å². The van der Waals surface area contributed by atoms with E-state index in [1.54, 1.807) is 30.2 Å². The SMILES string of the molecule is CC(/C=C/N(C)C)=C(\C#N)C(N)=O. The zero-order valence-corrected chi connectivity index (χ0v) is 8.03. The molecule has 0 aromatic heterocycles. The molecule has 0 aromatic carbocycles. The lowest BCUT2D eigenvalue weighted by atomic mass is 10.1. The third-order valence-electron chi connectivity index (χ3n) is 1.38. The predicted octanol–water partition coefficient (Wildman–Crippen LogP) is 0.387. The lowest BCUT2D eigenvalue weighted by Gasteiger charge is -2.03. The van der Waals surface area contributed by atoms with E-state index in [-0.39, 0.29) is 5.57 Å². The van der Waals surface area contributed by atoms with Crippen molar-refractivity contribution >= 4 is 5.91 Å². The zero-order chi connectivity index (χ0) is 10.4. The molecule has 2 N–H and O–H groups in total. The van der Waals surface area contributed by atoms with E-state index in [1.165, 1.54) is 0 Å². The van der Waals surface area contributed by atoms with Crippen LogP contribution in [0.2, 0.25) is 0 Å². The molecule has 0 aromatic rings. The molecule has 0 aliphatic rings. The first kappa shape index (κ1) is 11.2. The van der Waals surface area contributed by atoms with Crippen LogP contribution >= 0.6 is 0 Å². The van der Waals surface area contributed by atoms with Gasteiger partial charge in [0.05, 0.1) is 0 Å². The van der Waals surface area contributed by atoms with Gasteiger partial charge < -0.3 is 10.6 Å². The molecule has 0 aliphatic carbocycles. The van der Waals surface area contributed by atoms with Crippen LogP contribution in [0.25, 0.3) is 0 Å². The molecule has 0 radical (unpaired) electrons. The van der Waals surface area contributed by atoms with Crippen LogP contribution in [0.1, 0.15) is 6.92 Å². The number of nitrogens with zero attached hydrogens (tertiary/aromatic N) is 2. The zero-order valence-electron chi connectivity index (χ0n) is 8.03. The molecule has 70 valence electrons. The van der Waals surface area contributed by atoms with Gasteiger partial charge in [-0.05, 0) is 24.8 Å². The number of carbonyl (C=O) groups excluding carboxylic acids is 1. The summed E-state index contributed by atoms with van der Waals surface area (Å²) in [6.45, 7) is 1.67. The Balaban J connectivity index is 4.80. The number of nitrogens with two attached hydrogens (primary N) is 1. The number of rotatable bonds is 3. The van der Waals surface area contributed by atoms with Crippen molar-refractivity contribution in [1.82, 2.24) is 4.90 Å². The van der Waals surface area contributed by atoms with Gasteiger partial charge in [-0.1, -0.05) is 0 Å². The van der Waals surface area contributed by atoms with E-state index in [9.17, 15) is 4.79 Å². The van der Waals surface area contributed by atoms with Crippen LogP contribution in [-0.2, 0) is 4.79 Å². The summed E-state index contributed by atoms with van der Waals surface area (Å²) in [5, 5.41) is 8.58. The summed E-state index contributed by atoms with van der Waals surface area (Å²) in [6.07, 6.45) is 3.42. The molecule has 0 saturated carbocycles. The van der Waals surface area contributed by atoms with Crippen molar-refractivity contribution in [2.24, 2.45) is 5.73 Å². The summed E-state index contributed by atoms with van der Waals surface area (Å²) in [5.74, 6) is -0.691. The Bertz CT molecular complexity index is 294. The van der Waals surface area contributed by atoms with Crippen LogP contribution in [0.4, 0.5) is 0 Å². The van der Waals surface area contributed by atoms with E-state index in [0.717, 1.165) is 0 Å². The van der Waals surface area contributed by atoms with Gasteiger partial charge in [0.25, 0.3) is 5.91 Å². The maximum Gasteiger partial charge on any atom is 0.259 e. The molecule has 0 spiro atoms. The van der Waals surface area contributed by atoms with Crippen LogP contribution in [-0.4, -0.2) is 24.9 Å². The van der Waals surface area contributed by atoms with Gasteiger partial charge in [0, 0.05) is 14.1 Å². The molecule has 13 heavy (non-hydrogen) atoms. The van der Waals surface area contributed by atoms with Gasteiger partial charge in [0.15, 0.2) is 0 Å². The Morgan fingerprint density at radius 1 is 1.54 bits per heavy atom. The maximum atomic E-state index is 10.7. The molecule has 0 aliphatic heterocycles. The van der Waals surface area contributed by atoms with E-state index < -0.39 is 5.91 Å². The summed E-state index contributed by atoms with van der Waals surface area (Å²) in [6, 6.07) is 1.76. The topological polar surface area (TPSA) is 70.1 Å². The van der Waals surface area contributed by atoms with Crippen LogP contribution in [0.5, 0.6) is 0 Å². The first-order valence-electron chi connectivity index (χ1n) is 3.74. The molecular formula is C9H13N3O. The van der Waals surface area contributed by atoms with Gasteiger partial charge in [0.2, 0.25) is 0 Å². The Kier molecular flexibility index (Phi) is 4.31. The van der Waals surface area contributed by atoms with E-state index in [2.05, 4.69) is 0 Å². The second-order valence-corrected chi connectivity index (χ2v) is 2.81. The van der Waals surface area contributed by atoms with E-state index in [1.807, 2.05) is 14.1 Å². The molecule has 0 rings (SSSR count). The third kappa shape index (κ3) is 3.97. The van der Waals surface area contributed by atoms with Crippen LogP contribution in [0, 0.1) is 11.3 Å². The Hall–Kier alpha value is -1.76. The molecular weight excluding hydrogens is 166 g/mol. The highest BCUT2D eigenvalue weighted by Gasteiger charge is 2.05. The Morgan fingerprint density at radius 3 is 2.38 bits per heavy atom. The predicted molar refractivity (Wildman–Crippen MR) is 50.3 cm³/mol. The second-order valence-electron chi connectivity index (χ2n) is 2.81. The number of nitriles is 1. The third-order valence-corrected chi connectivity index (χ3v) is 1.38. The standard InChI is InChI=1S/C9H13N3O/c1-7(4-5-12(2)3)8(6-10)9(11)13/h4-5H,1-3H3,(H2,11,13)/b5-4+,8-7-. The molecule has 0 saturated heterocycles. The number of hydrogen-bond acceptors (Lipinski definition) is 3. The monoisotopic (exact) mass is 179 g/mol. The molecule has 0 fully saturated rings. The fourth-order valence-corrected chi connectivity index (χ4v) is 0.682. The van der Waals surface area contributed by atoms with Crippen molar-refractivity contribution in [3.05, 3.63) is 23.4 Å². The minimum atomic E-state index is -0.691. The quantitative estimate of drug-likeness (QED) is 0.387. The van der Waals surface area contributed by atoms with Crippen molar-refractivity contribution in [2.75, 3.05) is 14.1 Å². The fourth-order valence-electron chi connectivity index (χ4n) is 0.682. The molecule has 0 unspecified atom stereocenters. The van der Waals surface area contributed by atoms with Crippen LogP contribution in [0.3, 0.4) is 0 Å².